The van der Waals surface area contributed by atoms with E-state index in [4.69, 9.17) is 0 Å². The SMILES string of the molecule is [CH2]C(SCCCC)SCC(C)C. The van der Waals surface area contributed by atoms with E-state index < -0.39 is 0 Å². The van der Waals surface area contributed by atoms with Gasteiger partial charge < -0.3 is 0 Å². The first-order valence-corrected chi connectivity index (χ1v) is 6.82. The highest BCUT2D eigenvalue weighted by Gasteiger charge is 2.03. The van der Waals surface area contributed by atoms with Crippen molar-refractivity contribution in [1.82, 2.24) is 0 Å². The van der Waals surface area contributed by atoms with Crippen molar-refractivity contribution in [1.29, 1.82) is 0 Å². The molecule has 0 spiro atoms. The van der Waals surface area contributed by atoms with Gasteiger partial charge >= 0.3 is 0 Å². The lowest BCUT2D eigenvalue weighted by atomic mass is 10.3. The minimum absolute atomic E-state index is 0.541. The zero-order valence-corrected chi connectivity index (χ0v) is 10.1. The highest BCUT2D eigenvalue weighted by atomic mass is 32.2. The monoisotopic (exact) mass is 205 g/mol. The Kier molecular flexibility index (Phi) is 8.79. The van der Waals surface area contributed by atoms with Crippen LogP contribution in [0.5, 0.6) is 0 Å². The van der Waals surface area contributed by atoms with E-state index in [-0.39, 0.29) is 0 Å². The zero-order chi connectivity index (χ0) is 9.40. The molecule has 12 heavy (non-hydrogen) atoms. The van der Waals surface area contributed by atoms with Gasteiger partial charge in [-0.1, -0.05) is 27.2 Å². The third-order valence-corrected chi connectivity index (χ3v) is 4.36. The van der Waals surface area contributed by atoms with Gasteiger partial charge in [-0.25, -0.2) is 0 Å². The quantitative estimate of drug-likeness (QED) is 0.454. The zero-order valence-electron chi connectivity index (χ0n) is 8.51. The molecule has 0 aromatic rings. The molecule has 0 rings (SSSR count). The third-order valence-electron chi connectivity index (χ3n) is 1.42. The van der Waals surface area contributed by atoms with E-state index in [0.29, 0.717) is 4.58 Å². The predicted molar refractivity (Wildman–Crippen MR) is 63.8 cm³/mol. The fraction of sp³-hybridized carbons (Fsp3) is 0.900. The average Bonchev–Trinajstić information content (AvgIpc) is 2.01. The number of thioether (sulfide) groups is 2. The summed E-state index contributed by atoms with van der Waals surface area (Å²) in [4.78, 5) is 0. The normalized spacial score (nSPS) is 13.8. The maximum absolute atomic E-state index is 4.11. The lowest BCUT2D eigenvalue weighted by molar-refractivity contribution is 0.750. The number of hydrogen-bond acceptors (Lipinski definition) is 2. The van der Waals surface area contributed by atoms with Crippen LogP contribution in [0.1, 0.15) is 33.6 Å². The van der Waals surface area contributed by atoms with E-state index in [1.807, 2.05) is 23.5 Å². The van der Waals surface area contributed by atoms with Crippen LogP contribution in [-0.4, -0.2) is 16.1 Å². The van der Waals surface area contributed by atoms with Crippen molar-refractivity contribution >= 4 is 23.5 Å². The molecule has 73 valence electrons. The number of unbranched alkanes of at least 4 members (excludes halogenated alkanes) is 1. The molecular formula is C10H21S2. The predicted octanol–water partition coefficient (Wildman–Crippen LogP) is 4.07. The molecule has 0 aliphatic heterocycles. The highest BCUT2D eigenvalue weighted by Crippen LogP contribution is 2.25. The first kappa shape index (κ1) is 12.7. The smallest absolute Gasteiger partial charge is 0.0503 e. The van der Waals surface area contributed by atoms with Crippen molar-refractivity contribution in [3.05, 3.63) is 6.92 Å². The molecule has 0 N–H and O–H groups in total. The summed E-state index contributed by atoms with van der Waals surface area (Å²) in [5.41, 5.74) is 0. The first-order valence-electron chi connectivity index (χ1n) is 4.73. The molecule has 0 aromatic carbocycles. The van der Waals surface area contributed by atoms with E-state index in [2.05, 4.69) is 27.7 Å². The van der Waals surface area contributed by atoms with Crippen molar-refractivity contribution < 1.29 is 0 Å². The fourth-order valence-electron chi connectivity index (χ4n) is 0.707. The van der Waals surface area contributed by atoms with Gasteiger partial charge in [0.2, 0.25) is 0 Å². The van der Waals surface area contributed by atoms with Gasteiger partial charge in [0.25, 0.3) is 0 Å². The highest BCUT2D eigenvalue weighted by molar-refractivity contribution is 8.17. The lowest BCUT2D eigenvalue weighted by Gasteiger charge is -2.11. The lowest BCUT2D eigenvalue weighted by Crippen LogP contribution is -1.98. The Balaban J connectivity index is 3.15. The summed E-state index contributed by atoms with van der Waals surface area (Å²) in [6, 6.07) is 0. The maximum atomic E-state index is 4.11. The Morgan fingerprint density at radius 2 is 1.92 bits per heavy atom. The Hall–Kier alpha value is 0.700. The van der Waals surface area contributed by atoms with E-state index in [1.165, 1.54) is 24.3 Å². The molecule has 0 fully saturated rings. The van der Waals surface area contributed by atoms with Crippen LogP contribution in [0.2, 0.25) is 0 Å². The van der Waals surface area contributed by atoms with E-state index in [0.717, 1.165) is 5.92 Å². The van der Waals surface area contributed by atoms with Crippen LogP contribution in [0.15, 0.2) is 0 Å². The van der Waals surface area contributed by atoms with Crippen molar-refractivity contribution in [2.75, 3.05) is 11.5 Å². The van der Waals surface area contributed by atoms with Gasteiger partial charge in [-0.15, -0.1) is 23.5 Å². The van der Waals surface area contributed by atoms with Crippen molar-refractivity contribution in [2.24, 2.45) is 5.92 Å². The topological polar surface area (TPSA) is 0 Å². The van der Waals surface area contributed by atoms with Crippen LogP contribution >= 0.6 is 23.5 Å². The van der Waals surface area contributed by atoms with E-state index in [9.17, 15) is 0 Å². The van der Waals surface area contributed by atoms with Crippen LogP contribution < -0.4 is 0 Å². The maximum Gasteiger partial charge on any atom is 0.0503 e. The minimum Gasteiger partial charge on any atom is -0.148 e. The average molecular weight is 205 g/mol. The molecule has 0 saturated heterocycles. The van der Waals surface area contributed by atoms with Gasteiger partial charge in [0.05, 0.1) is 4.58 Å². The van der Waals surface area contributed by atoms with Crippen molar-refractivity contribution in [2.45, 2.75) is 38.2 Å². The molecule has 2 heteroatoms. The summed E-state index contributed by atoms with van der Waals surface area (Å²) in [7, 11) is 0. The molecule has 0 heterocycles. The Morgan fingerprint density at radius 3 is 2.42 bits per heavy atom. The summed E-state index contributed by atoms with van der Waals surface area (Å²) in [6.07, 6.45) is 2.63. The summed E-state index contributed by atoms with van der Waals surface area (Å²) in [5.74, 6) is 3.31. The van der Waals surface area contributed by atoms with Gasteiger partial charge in [0.15, 0.2) is 0 Å². The van der Waals surface area contributed by atoms with Crippen molar-refractivity contribution in [3.8, 4) is 0 Å². The van der Waals surface area contributed by atoms with Crippen LogP contribution in [0.3, 0.4) is 0 Å². The Bertz CT molecular complexity index is 91.8. The standard InChI is InChI=1S/C10H21S2/c1-5-6-7-11-10(4)12-8-9(2)3/h9-10H,4-8H2,1-3H3. The molecule has 0 amide bonds. The van der Waals surface area contributed by atoms with E-state index in [1.54, 1.807) is 0 Å². The molecule has 1 unspecified atom stereocenters. The molecule has 0 bridgehead atoms. The van der Waals surface area contributed by atoms with E-state index >= 15 is 0 Å². The summed E-state index contributed by atoms with van der Waals surface area (Å²) in [5, 5.41) is 0. The van der Waals surface area contributed by atoms with Crippen LogP contribution in [0.25, 0.3) is 0 Å². The minimum atomic E-state index is 0.541. The second-order valence-electron chi connectivity index (χ2n) is 3.38. The molecule has 1 radical (unpaired) electrons. The molecule has 0 nitrogen and oxygen atoms in total. The largest absolute Gasteiger partial charge is 0.148 e. The molecule has 0 aromatic heterocycles. The Labute approximate surface area is 86.3 Å². The number of hydrogen-bond donors (Lipinski definition) is 0. The molecule has 0 aliphatic rings. The first-order chi connectivity index (χ1) is 5.66. The van der Waals surface area contributed by atoms with Crippen LogP contribution in [0.4, 0.5) is 0 Å². The van der Waals surface area contributed by atoms with Crippen LogP contribution in [0, 0.1) is 12.8 Å². The van der Waals surface area contributed by atoms with Crippen molar-refractivity contribution in [3.63, 3.8) is 0 Å². The molecular weight excluding hydrogens is 184 g/mol. The van der Waals surface area contributed by atoms with Crippen LogP contribution in [-0.2, 0) is 0 Å². The summed E-state index contributed by atoms with van der Waals surface area (Å²) in [6.45, 7) is 10.9. The summed E-state index contributed by atoms with van der Waals surface area (Å²) < 4.78 is 0.541. The van der Waals surface area contributed by atoms with Gasteiger partial charge in [-0.2, -0.15) is 0 Å². The Morgan fingerprint density at radius 1 is 1.25 bits per heavy atom. The van der Waals surface area contributed by atoms with Gasteiger partial charge in [-0.05, 0) is 30.8 Å². The number of rotatable bonds is 7. The molecule has 0 aliphatic carbocycles. The second kappa shape index (κ2) is 8.31. The molecule has 0 saturated carbocycles. The third kappa shape index (κ3) is 8.79. The van der Waals surface area contributed by atoms with Gasteiger partial charge in [0, 0.05) is 0 Å². The summed E-state index contributed by atoms with van der Waals surface area (Å²) >= 11 is 3.98. The molecule has 1 atom stereocenters. The van der Waals surface area contributed by atoms with Gasteiger partial charge in [0.1, 0.15) is 0 Å². The van der Waals surface area contributed by atoms with Gasteiger partial charge in [-0.3, -0.25) is 0 Å². The fourth-order valence-corrected chi connectivity index (χ4v) is 2.93. The second-order valence-corrected chi connectivity index (χ2v) is 6.23.